The summed E-state index contributed by atoms with van der Waals surface area (Å²) >= 11 is 0. The summed E-state index contributed by atoms with van der Waals surface area (Å²) in [4.78, 5) is 25.4. The van der Waals surface area contributed by atoms with E-state index in [-0.39, 0.29) is 30.4 Å². The van der Waals surface area contributed by atoms with Crippen LogP contribution in [0, 0.1) is 20.8 Å². The summed E-state index contributed by atoms with van der Waals surface area (Å²) in [6.45, 7) is 7.17. The van der Waals surface area contributed by atoms with Crippen LogP contribution in [0.1, 0.15) is 44.9 Å². The molecule has 4 aromatic rings. The van der Waals surface area contributed by atoms with Crippen molar-refractivity contribution in [2.75, 3.05) is 13.2 Å². The van der Waals surface area contributed by atoms with Gasteiger partial charge in [0.2, 0.25) is 11.5 Å². The van der Waals surface area contributed by atoms with Gasteiger partial charge in [-0.1, -0.05) is 23.4 Å². The number of para-hydroxylation sites is 1. The van der Waals surface area contributed by atoms with Crippen LogP contribution in [0.4, 0.5) is 0 Å². The van der Waals surface area contributed by atoms with E-state index in [9.17, 15) is 9.59 Å². The Bertz CT molecular complexity index is 1300. The highest BCUT2D eigenvalue weighted by atomic mass is 16.5. The summed E-state index contributed by atoms with van der Waals surface area (Å²) in [7, 11) is 0. The van der Waals surface area contributed by atoms with Crippen molar-refractivity contribution in [2.24, 2.45) is 0 Å². The fourth-order valence-corrected chi connectivity index (χ4v) is 3.59. The van der Waals surface area contributed by atoms with Gasteiger partial charge in [0.05, 0.1) is 18.5 Å². The Morgan fingerprint density at radius 1 is 1.09 bits per heavy atom. The summed E-state index contributed by atoms with van der Waals surface area (Å²) < 4.78 is 19.4. The zero-order valence-corrected chi connectivity index (χ0v) is 18.9. The minimum absolute atomic E-state index is 0.0112. The third-order valence-electron chi connectivity index (χ3n) is 5.11. The molecule has 9 nitrogen and oxygen atoms in total. The lowest BCUT2D eigenvalue weighted by Crippen LogP contribution is -2.14. The highest BCUT2D eigenvalue weighted by Crippen LogP contribution is 2.24. The molecule has 9 heteroatoms. The molecule has 0 aliphatic carbocycles. The summed E-state index contributed by atoms with van der Waals surface area (Å²) in [5, 5.41) is 8.35. The Labute approximate surface area is 190 Å². The van der Waals surface area contributed by atoms with Gasteiger partial charge in [-0.05, 0) is 45.9 Å². The number of ketones is 1. The first kappa shape index (κ1) is 22.1. The minimum atomic E-state index is -0.616. The topological polar surface area (TPSA) is 101 Å². The van der Waals surface area contributed by atoms with E-state index in [0.717, 1.165) is 17.1 Å². The van der Waals surface area contributed by atoms with Crippen molar-refractivity contribution in [2.45, 2.75) is 27.7 Å². The highest BCUT2D eigenvalue weighted by molar-refractivity contribution is 5.99. The van der Waals surface area contributed by atoms with E-state index in [4.69, 9.17) is 14.0 Å². The van der Waals surface area contributed by atoms with Gasteiger partial charge in [0.1, 0.15) is 5.76 Å². The standard InChI is InChI=1S/C24H24N4O5/c1-5-31-24(30)23-21(13-27(25-23)18-9-7-6-8-10-18)32-14-20(29)19-11-15(2)28(17(19)4)22-12-16(3)33-26-22/h6-13H,5,14H2,1-4H3. The average Bonchev–Trinajstić information content (AvgIpc) is 3.50. The number of rotatable bonds is 8. The van der Waals surface area contributed by atoms with Crippen LogP contribution in [-0.4, -0.2) is 44.5 Å². The fraction of sp³-hybridized carbons (Fsp3) is 0.250. The normalized spacial score (nSPS) is 10.9. The number of esters is 1. The Hall–Kier alpha value is -4.14. The van der Waals surface area contributed by atoms with Crippen molar-refractivity contribution in [3.05, 3.63) is 77.1 Å². The van der Waals surface area contributed by atoms with Gasteiger partial charge in [-0.2, -0.15) is 5.10 Å². The van der Waals surface area contributed by atoms with Crippen molar-refractivity contribution in [1.82, 2.24) is 19.5 Å². The quantitative estimate of drug-likeness (QED) is 0.296. The molecule has 0 N–H and O–H groups in total. The van der Waals surface area contributed by atoms with Crippen LogP contribution in [0.5, 0.6) is 5.75 Å². The minimum Gasteiger partial charge on any atom is -0.481 e. The number of hydrogen-bond acceptors (Lipinski definition) is 7. The van der Waals surface area contributed by atoms with Gasteiger partial charge < -0.3 is 14.0 Å². The summed E-state index contributed by atoms with van der Waals surface area (Å²) in [6, 6.07) is 12.9. The number of carbonyl (C=O) groups excluding carboxylic acids is 2. The largest absolute Gasteiger partial charge is 0.481 e. The van der Waals surface area contributed by atoms with Crippen LogP contribution in [0.15, 0.2) is 53.2 Å². The van der Waals surface area contributed by atoms with E-state index in [0.29, 0.717) is 17.1 Å². The number of aromatic nitrogens is 4. The van der Waals surface area contributed by atoms with Crippen molar-refractivity contribution in [3.63, 3.8) is 0 Å². The maximum atomic E-state index is 13.0. The molecule has 3 aromatic heterocycles. The predicted octanol–water partition coefficient (Wildman–Crippen LogP) is 4.01. The molecule has 0 bridgehead atoms. The van der Waals surface area contributed by atoms with Gasteiger partial charge in [0.15, 0.2) is 18.2 Å². The second kappa shape index (κ2) is 9.15. The van der Waals surface area contributed by atoms with Crippen molar-refractivity contribution in [3.8, 4) is 17.3 Å². The Balaban J connectivity index is 1.58. The first-order valence-corrected chi connectivity index (χ1v) is 10.5. The number of benzene rings is 1. The van der Waals surface area contributed by atoms with E-state index in [2.05, 4.69) is 10.3 Å². The molecule has 0 saturated carbocycles. The summed E-state index contributed by atoms with van der Waals surface area (Å²) in [5.41, 5.74) is 2.82. The van der Waals surface area contributed by atoms with Gasteiger partial charge in [0.25, 0.3) is 0 Å². The molecule has 33 heavy (non-hydrogen) atoms. The number of Topliss-reactive ketones (excluding diaryl/α,β-unsaturated/α-hetero) is 1. The van der Waals surface area contributed by atoms with Crippen molar-refractivity contribution < 1.29 is 23.6 Å². The molecule has 0 unspecified atom stereocenters. The lowest BCUT2D eigenvalue weighted by atomic mass is 10.1. The highest BCUT2D eigenvalue weighted by Gasteiger charge is 2.23. The molecule has 0 spiro atoms. The van der Waals surface area contributed by atoms with Crippen LogP contribution >= 0.6 is 0 Å². The number of aryl methyl sites for hydroxylation is 2. The maximum absolute atomic E-state index is 13.0. The third kappa shape index (κ3) is 4.43. The second-order valence-electron chi connectivity index (χ2n) is 7.47. The molecule has 0 fully saturated rings. The van der Waals surface area contributed by atoms with Crippen LogP contribution in [-0.2, 0) is 4.74 Å². The van der Waals surface area contributed by atoms with Gasteiger partial charge in [0, 0.05) is 23.0 Å². The number of carbonyl (C=O) groups is 2. The molecular formula is C24H24N4O5. The lowest BCUT2D eigenvalue weighted by molar-refractivity contribution is 0.0513. The Kier molecular flexibility index (Phi) is 6.12. The first-order valence-electron chi connectivity index (χ1n) is 10.5. The Morgan fingerprint density at radius 2 is 1.85 bits per heavy atom. The van der Waals surface area contributed by atoms with Gasteiger partial charge in [-0.15, -0.1) is 0 Å². The van der Waals surface area contributed by atoms with Crippen LogP contribution in [0.3, 0.4) is 0 Å². The van der Waals surface area contributed by atoms with E-state index < -0.39 is 5.97 Å². The molecular weight excluding hydrogens is 424 g/mol. The molecule has 0 amide bonds. The molecule has 0 radical (unpaired) electrons. The Morgan fingerprint density at radius 3 is 2.52 bits per heavy atom. The van der Waals surface area contributed by atoms with Crippen molar-refractivity contribution in [1.29, 1.82) is 0 Å². The van der Waals surface area contributed by atoms with Gasteiger partial charge in [-0.25, -0.2) is 9.48 Å². The molecule has 0 aliphatic rings. The monoisotopic (exact) mass is 448 g/mol. The summed E-state index contributed by atoms with van der Waals surface area (Å²) in [6.07, 6.45) is 1.57. The van der Waals surface area contributed by atoms with Crippen LogP contribution in [0.25, 0.3) is 11.5 Å². The van der Waals surface area contributed by atoms with E-state index in [1.807, 2.05) is 48.7 Å². The van der Waals surface area contributed by atoms with E-state index >= 15 is 0 Å². The number of ether oxygens (including phenoxy) is 2. The summed E-state index contributed by atoms with van der Waals surface area (Å²) in [5.74, 6) is 0.601. The van der Waals surface area contributed by atoms with E-state index in [1.165, 1.54) is 4.68 Å². The van der Waals surface area contributed by atoms with E-state index in [1.54, 1.807) is 32.2 Å². The first-order chi connectivity index (χ1) is 15.9. The van der Waals surface area contributed by atoms with Crippen molar-refractivity contribution >= 4 is 11.8 Å². The molecule has 3 heterocycles. The maximum Gasteiger partial charge on any atom is 0.362 e. The van der Waals surface area contributed by atoms with Gasteiger partial charge in [-0.3, -0.25) is 9.36 Å². The van der Waals surface area contributed by atoms with Crippen LogP contribution in [0.2, 0.25) is 0 Å². The number of hydrogen-bond donors (Lipinski definition) is 0. The second-order valence-corrected chi connectivity index (χ2v) is 7.47. The fourth-order valence-electron chi connectivity index (χ4n) is 3.59. The zero-order chi connectivity index (χ0) is 23.5. The molecule has 0 saturated heterocycles. The SMILES string of the molecule is CCOC(=O)c1nn(-c2ccccc2)cc1OCC(=O)c1cc(C)n(-c2cc(C)on2)c1C. The molecule has 1 aromatic carbocycles. The smallest absolute Gasteiger partial charge is 0.362 e. The average molecular weight is 448 g/mol. The third-order valence-corrected chi connectivity index (χ3v) is 5.11. The zero-order valence-electron chi connectivity index (χ0n) is 18.9. The van der Waals surface area contributed by atoms with Crippen LogP contribution < -0.4 is 4.74 Å². The molecule has 4 rings (SSSR count). The van der Waals surface area contributed by atoms with Gasteiger partial charge >= 0.3 is 5.97 Å². The lowest BCUT2D eigenvalue weighted by Gasteiger charge is -2.07. The molecule has 170 valence electrons. The molecule has 0 aliphatic heterocycles. The predicted molar refractivity (Wildman–Crippen MR) is 119 cm³/mol. The molecule has 0 atom stereocenters. The number of nitrogens with zero attached hydrogens (tertiary/aromatic N) is 4.